The van der Waals surface area contributed by atoms with Gasteiger partial charge in [-0.2, -0.15) is 0 Å². The fraction of sp³-hybridized carbons (Fsp3) is 0.304. The fourth-order valence-corrected chi connectivity index (χ4v) is 5.12. The van der Waals surface area contributed by atoms with Gasteiger partial charge in [0.05, 0.1) is 5.69 Å². The Bertz CT molecular complexity index is 1020. The van der Waals surface area contributed by atoms with Gasteiger partial charge < -0.3 is 10.4 Å². The second-order valence-corrected chi connectivity index (χ2v) is 8.63. The average Bonchev–Trinajstić information content (AvgIpc) is 3.08. The second kappa shape index (κ2) is 7.76. The number of carboxylic acid groups (broad SMARTS) is 1. The first kappa shape index (κ1) is 18.7. The van der Waals surface area contributed by atoms with E-state index in [9.17, 15) is 14.7 Å². The minimum absolute atomic E-state index is 0.0369. The van der Waals surface area contributed by atoms with Crippen LogP contribution in [-0.4, -0.2) is 17.0 Å². The first-order valence-electron chi connectivity index (χ1n) is 9.69. The number of benzene rings is 2. The molecule has 1 aliphatic rings. The molecule has 4 nitrogen and oxygen atoms in total. The van der Waals surface area contributed by atoms with Gasteiger partial charge in [0.25, 0.3) is 0 Å². The number of aromatic carboxylic acids is 1. The summed E-state index contributed by atoms with van der Waals surface area (Å²) in [5.74, 6) is -0.439. The van der Waals surface area contributed by atoms with Gasteiger partial charge in [0, 0.05) is 16.0 Å². The van der Waals surface area contributed by atoms with E-state index in [-0.39, 0.29) is 16.7 Å². The van der Waals surface area contributed by atoms with Crippen molar-refractivity contribution in [1.82, 2.24) is 0 Å². The highest BCUT2D eigenvalue weighted by Crippen LogP contribution is 2.42. The molecule has 5 heteroatoms. The van der Waals surface area contributed by atoms with Crippen LogP contribution in [0, 0.1) is 11.8 Å². The molecule has 1 aliphatic carbocycles. The highest BCUT2D eigenvalue weighted by molar-refractivity contribution is 7.22. The van der Waals surface area contributed by atoms with E-state index < -0.39 is 5.97 Å². The number of anilines is 1. The Hall–Kier alpha value is -2.66. The lowest BCUT2D eigenvalue weighted by Gasteiger charge is -2.25. The first-order valence-corrected chi connectivity index (χ1v) is 10.5. The molecular formula is C23H23NO3S. The van der Waals surface area contributed by atoms with E-state index in [1.807, 2.05) is 48.5 Å². The number of thiophene rings is 1. The summed E-state index contributed by atoms with van der Waals surface area (Å²) in [4.78, 5) is 24.9. The summed E-state index contributed by atoms with van der Waals surface area (Å²) < 4.78 is 0.888. The number of carboxylic acids is 1. The highest BCUT2D eigenvalue weighted by atomic mass is 32.1. The van der Waals surface area contributed by atoms with Crippen molar-refractivity contribution in [3.8, 4) is 11.1 Å². The molecule has 28 heavy (non-hydrogen) atoms. The molecule has 0 unspecified atom stereocenters. The molecule has 3 aromatic rings. The van der Waals surface area contributed by atoms with Gasteiger partial charge in [-0.3, -0.25) is 4.79 Å². The van der Waals surface area contributed by atoms with Crippen LogP contribution in [0.2, 0.25) is 0 Å². The van der Waals surface area contributed by atoms with Gasteiger partial charge in [0.1, 0.15) is 4.88 Å². The molecule has 1 aromatic heterocycles. The maximum Gasteiger partial charge on any atom is 0.348 e. The van der Waals surface area contributed by atoms with Gasteiger partial charge in [0.2, 0.25) is 5.91 Å². The lowest BCUT2D eigenvalue weighted by atomic mass is 9.82. The van der Waals surface area contributed by atoms with Crippen molar-refractivity contribution in [3.05, 3.63) is 53.4 Å². The quantitative estimate of drug-likeness (QED) is 0.568. The lowest BCUT2D eigenvalue weighted by Crippen LogP contribution is -2.27. The predicted octanol–water partition coefficient (Wildman–Crippen LogP) is 6.03. The molecule has 1 saturated carbocycles. The van der Waals surface area contributed by atoms with Crippen LogP contribution in [0.5, 0.6) is 0 Å². The standard InChI is InChI=1S/C23H23NO3S/c1-14-10-12-16(13-11-14)22(25)24-19-18-9-5-8-17(15-6-3-2-4-7-15)20(18)28-21(19)23(26)27/h2-9,14,16H,10-13H2,1H3,(H,24,25)(H,26,27). The minimum Gasteiger partial charge on any atom is -0.477 e. The van der Waals surface area contributed by atoms with Gasteiger partial charge in [-0.15, -0.1) is 11.3 Å². The van der Waals surface area contributed by atoms with E-state index in [1.54, 1.807) is 0 Å². The molecule has 4 rings (SSSR count). The van der Waals surface area contributed by atoms with Crippen LogP contribution in [0.3, 0.4) is 0 Å². The van der Waals surface area contributed by atoms with Crippen molar-refractivity contribution in [2.75, 3.05) is 5.32 Å². The molecule has 0 saturated heterocycles. The maximum atomic E-state index is 12.8. The van der Waals surface area contributed by atoms with Crippen LogP contribution >= 0.6 is 11.3 Å². The van der Waals surface area contributed by atoms with Gasteiger partial charge in [0.15, 0.2) is 0 Å². The summed E-state index contributed by atoms with van der Waals surface area (Å²) in [7, 11) is 0. The van der Waals surface area contributed by atoms with Crippen molar-refractivity contribution in [3.63, 3.8) is 0 Å². The average molecular weight is 394 g/mol. The second-order valence-electron chi connectivity index (χ2n) is 7.61. The van der Waals surface area contributed by atoms with Gasteiger partial charge in [-0.05, 0) is 42.7 Å². The molecule has 0 atom stereocenters. The maximum absolute atomic E-state index is 12.8. The van der Waals surface area contributed by atoms with Crippen LogP contribution in [0.4, 0.5) is 5.69 Å². The Balaban J connectivity index is 1.74. The van der Waals surface area contributed by atoms with Gasteiger partial charge >= 0.3 is 5.97 Å². The molecule has 2 aromatic carbocycles. The van der Waals surface area contributed by atoms with E-state index in [1.165, 1.54) is 11.3 Å². The third-order valence-corrected chi connectivity index (χ3v) is 6.86. The smallest absolute Gasteiger partial charge is 0.348 e. The number of rotatable bonds is 4. The largest absolute Gasteiger partial charge is 0.477 e. The van der Waals surface area contributed by atoms with Crippen molar-refractivity contribution in [2.24, 2.45) is 11.8 Å². The van der Waals surface area contributed by atoms with Crippen molar-refractivity contribution in [1.29, 1.82) is 0 Å². The van der Waals surface area contributed by atoms with Crippen LogP contribution in [0.1, 0.15) is 42.3 Å². The third kappa shape index (κ3) is 3.54. The minimum atomic E-state index is -1.01. The van der Waals surface area contributed by atoms with Gasteiger partial charge in [-0.1, -0.05) is 55.5 Å². The Labute approximate surface area is 168 Å². The number of amides is 1. The van der Waals surface area contributed by atoms with Crippen molar-refractivity contribution >= 4 is 39.0 Å². The first-order chi connectivity index (χ1) is 13.5. The summed E-state index contributed by atoms with van der Waals surface area (Å²) in [5, 5.41) is 13.5. The lowest BCUT2D eigenvalue weighted by molar-refractivity contribution is -0.121. The molecule has 0 bridgehead atoms. The van der Waals surface area contributed by atoms with E-state index in [0.717, 1.165) is 46.9 Å². The van der Waals surface area contributed by atoms with Crippen LogP contribution < -0.4 is 5.32 Å². The molecule has 0 aliphatic heterocycles. The van der Waals surface area contributed by atoms with E-state index >= 15 is 0 Å². The van der Waals surface area contributed by atoms with E-state index in [2.05, 4.69) is 12.2 Å². The van der Waals surface area contributed by atoms with Gasteiger partial charge in [-0.25, -0.2) is 4.79 Å². The number of carbonyl (C=O) groups is 2. The zero-order valence-electron chi connectivity index (χ0n) is 15.8. The summed E-state index contributed by atoms with van der Waals surface area (Å²) in [6.07, 6.45) is 3.83. The number of nitrogens with one attached hydrogen (secondary N) is 1. The number of fused-ring (bicyclic) bond motifs is 1. The SMILES string of the molecule is CC1CCC(C(=O)Nc2c(C(=O)O)sc3c(-c4ccccc4)cccc23)CC1. The third-order valence-electron chi connectivity index (χ3n) is 5.63. The summed E-state index contributed by atoms with van der Waals surface area (Å²) in [6.45, 7) is 2.22. The van der Waals surface area contributed by atoms with Crippen LogP contribution in [-0.2, 0) is 4.79 Å². The fourth-order valence-electron chi connectivity index (χ4n) is 3.99. The van der Waals surface area contributed by atoms with E-state index in [4.69, 9.17) is 0 Å². The molecule has 1 fully saturated rings. The number of hydrogen-bond acceptors (Lipinski definition) is 3. The zero-order valence-corrected chi connectivity index (χ0v) is 16.6. The normalized spacial score (nSPS) is 19.5. The molecule has 144 valence electrons. The van der Waals surface area contributed by atoms with Crippen LogP contribution in [0.15, 0.2) is 48.5 Å². The summed E-state index contributed by atoms with van der Waals surface area (Å²) in [5.41, 5.74) is 2.46. The topological polar surface area (TPSA) is 66.4 Å². The molecular weight excluding hydrogens is 370 g/mol. The Morgan fingerprint density at radius 3 is 2.39 bits per heavy atom. The predicted molar refractivity (Wildman–Crippen MR) is 114 cm³/mol. The van der Waals surface area contributed by atoms with Crippen molar-refractivity contribution in [2.45, 2.75) is 32.6 Å². The molecule has 0 spiro atoms. The Kier molecular flexibility index (Phi) is 5.18. The molecule has 0 radical (unpaired) electrons. The van der Waals surface area contributed by atoms with Crippen molar-refractivity contribution < 1.29 is 14.7 Å². The number of hydrogen-bond donors (Lipinski definition) is 2. The number of carbonyl (C=O) groups excluding carboxylic acids is 1. The summed E-state index contributed by atoms with van der Waals surface area (Å²) in [6, 6.07) is 15.7. The summed E-state index contributed by atoms with van der Waals surface area (Å²) >= 11 is 1.23. The Morgan fingerprint density at radius 1 is 1.00 bits per heavy atom. The zero-order chi connectivity index (χ0) is 19.7. The Morgan fingerprint density at radius 2 is 1.71 bits per heavy atom. The van der Waals surface area contributed by atoms with Crippen LogP contribution in [0.25, 0.3) is 21.2 Å². The highest BCUT2D eigenvalue weighted by Gasteiger charge is 2.27. The monoisotopic (exact) mass is 393 g/mol. The molecule has 1 heterocycles. The molecule has 1 amide bonds. The van der Waals surface area contributed by atoms with E-state index in [0.29, 0.717) is 11.6 Å². The molecule has 2 N–H and O–H groups in total.